The summed E-state index contributed by atoms with van der Waals surface area (Å²) in [7, 11) is 0. The van der Waals surface area contributed by atoms with Gasteiger partial charge in [-0.05, 0) is 59.7 Å². The van der Waals surface area contributed by atoms with Crippen molar-refractivity contribution >= 4 is 21.8 Å². The maximum Gasteiger partial charge on any atom is 0.272 e. The van der Waals surface area contributed by atoms with Gasteiger partial charge in [-0.1, -0.05) is 25.3 Å². The van der Waals surface area contributed by atoms with Gasteiger partial charge in [0.15, 0.2) is 0 Å². The van der Waals surface area contributed by atoms with Crippen LogP contribution in [0.4, 0.5) is 0 Å². The van der Waals surface area contributed by atoms with Gasteiger partial charge in [-0.3, -0.25) is 4.79 Å². The van der Waals surface area contributed by atoms with Gasteiger partial charge < -0.3 is 4.90 Å². The van der Waals surface area contributed by atoms with E-state index in [0.717, 1.165) is 24.0 Å². The number of hydrogen-bond acceptors (Lipinski definition) is 2. The summed E-state index contributed by atoms with van der Waals surface area (Å²) in [5, 5.41) is 0. The van der Waals surface area contributed by atoms with Crippen LogP contribution in [0.3, 0.4) is 0 Å². The van der Waals surface area contributed by atoms with Gasteiger partial charge in [0.05, 0.1) is 0 Å². The van der Waals surface area contributed by atoms with Crippen molar-refractivity contribution in [1.29, 1.82) is 0 Å². The van der Waals surface area contributed by atoms with E-state index in [0.29, 0.717) is 17.7 Å². The maximum atomic E-state index is 12.7. The fraction of sp³-hybridized carbons (Fsp3) is 0.625. The van der Waals surface area contributed by atoms with Crippen LogP contribution in [0.15, 0.2) is 22.8 Å². The van der Waals surface area contributed by atoms with Crippen LogP contribution in [0.25, 0.3) is 0 Å². The average Bonchev–Trinajstić information content (AvgIpc) is 3.30. The zero-order chi connectivity index (χ0) is 13.9. The number of halogens is 1. The smallest absolute Gasteiger partial charge is 0.272 e. The molecule has 1 aromatic rings. The van der Waals surface area contributed by atoms with Crippen LogP contribution in [0.1, 0.15) is 55.4 Å². The highest BCUT2D eigenvalue weighted by Gasteiger charge is 2.35. The molecule has 0 N–H and O–H groups in total. The molecule has 0 aromatic carbocycles. The van der Waals surface area contributed by atoms with Crippen molar-refractivity contribution in [2.75, 3.05) is 6.54 Å². The molecule has 0 spiro atoms. The third kappa shape index (κ3) is 3.40. The number of rotatable bonds is 4. The number of amides is 1. The molecule has 4 heteroatoms. The van der Waals surface area contributed by atoms with Gasteiger partial charge in [-0.15, -0.1) is 0 Å². The number of carbonyl (C=O) groups is 1. The molecule has 2 saturated carbocycles. The molecule has 2 fully saturated rings. The van der Waals surface area contributed by atoms with E-state index >= 15 is 0 Å². The minimum atomic E-state index is 0.111. The van der Waals surface area contributed by atoms with E-state index in [1.165, 1.54) is 32.1 Å². The van der Waals surface area contributed by atoms with Gasteiger partial charge in [0.1, 0.15) is 10.3 Å². The lowest BCUT2D eigenvalue weighted by Crippen LogP contribution is -2.38. The minimum Gasteiger partial charge on any atom is -0.334 e. The molecule has 0 unspecified atom stereocenters. The fourth-order valence-electron chi connectivity index (χ4n) is 3.11. The molecular weight excluding hydrogens is 316 g/mol. The van der Waals surface area contributed by atoms with E-state index in [9.17, 15) is 4.79 Å². The first kappa shape index (κ1) is 14.1. The molecule has 1 heterocycles. The Morgan fingerprint density at radius 1 is 1.20 bits per heavy atom. The van der Waals surface area contributed by atoms with Gasteiger partial charge in [0.25, 0.3) is 5.91 Å². The van der Waals surface area contributed by atoms with Crippen molar-refractivity contribution < 1.29 is 4.79 Å². The number of aromatic nitrogens is 1. The first-order chi connectivity index (χ1) is 9.74. The van der Waals surface area contributed by atoms with Gasteiger partial charge in [0.2, 0.25) is 0 Å². The summed E-state index contributed by atoms with van der Waals surface area (Å²) in [6.45, 7) is 0.928. The molecule has 0 radical (unpaired) electrons. The second kappa shape index (κ2) is 6.25. The highest BCUT2D eigenvalue weighted by molar-refractivity contribution is 9.10. The summed E-state index contributed by atoms with van der Waals surface area (Å²) in [4.78, 5) is 19.1. The van der Waals surface area contributed by atoms with E-state index in [1.807, 2.05) is 18.2 Å². The summed E-state index contributed by atoms with van der Waals surface area (Å²) >= 11 is 3.35. The third-order valence-electron chi connectivity index (χ3n) is 4.36. The molecule has 3 rings (SSSR count). The lowest BCUT2D eigenvalue weighted by atomic mass is 9.89. The third-order valence-corrected chi connectivity index (χ3v) is 4.80. The van der Waals surface area contributed by atoms with Crippen LogP contribution in [-0.2, 0) is 0 Å². The van der Waals surface area contributed by atoms with Crippen LogP contribution in [0.2, 0.25) is 0 Å². The molecule has 0 bridgehead atoms. The Kier molecular flexibility index (Phi) is 4.39. The second-order valence-corrected chi connectivity index (χ2v) is 6.85. The van der Waals surface area contributed by atoms with Crippen LogP contribution in [0, 0.1) is 5.92 Å². The molecule has 0 aliphatic heterocycles. The topological polar surface area (TPSA) is 33.2 Å². The number of nitrogens with zero attached hydrogens (tertiary/aromatic N) is 2. The molecular formula is C16H21BrN2O. The Bertz CT molecular complexity index is 481. The Balaban J connectivity index is 1.71. The van der Waals surface area contributed by atoms with E-state index in [4.69, 9.17) is 0 Å². The Morgan fingerprint density at radius 3 is 2.60 bits per heavy atom. The van der Waals surface area contributed by atoms with Crippen molar-refractivity contribution in [3.8, 4) is 0 Å². The predicted molar refractivity (Wildman–Crippen MR) is 82.6 cm³/mol. The van der Waals surface area contributed by atoms with Crippen LogP contribution >= 0.6 is 15.9 Å². The lowest BCUT2D eigenvalue weighted by molar-refractivity contribution is 0.0692. The molecule has 3 nitrogen and oxygen atoms in total. The Hall–Kier alpha value is -0.900. The fourth-order valence-corrected chi connectivity index (χ4v) is 3.45. The zero-order valence-corrected chi connectivity index (χ0v) is 13.3. The average molecular weight is 337 g/mol. The van der Waals surface area contributed by atoms with Crippen molar-refractivity contribution in [3.05, 3.63) is 28.5 Å². The standard InChI is InChI=1S/C16H21BrN2O/c17-15-8-4-7-14(18-15)16(20)19(13-9-10-13)11-12-5-2-1-3-6-12/h4,7-8,12-13H,1-3,5-6,9-11H2. The SMILES string of the molecule is O=C(c1cccc(Br)n1)N(CC1CCCCC1)C1CC1. The van der Waals surface area contributed by atoms with Gasteiger partial charge in [-0.2, -0.15) is 0 Å². The second-order valence-electron chi connectivity index (χ2n) is 6.04. The van der Waals surface area contributed by atoms with E-state index < -0.39 is 0 Å². The van der Waals surface area contributed by atoms with E-state index in [2.05, 4.69) is 25.8 Å². The first-order valence-corrected chi connectivity index (χ1v) is 8.47. The van der Waals surface area contributed by atoms with Gasteiger partial charge in [0, 0.05) is 12.6 Å². The summed E-state index contributed by atoms with van der Waals surface area (Å²) in [6.07, 6.45) is 8.89. The molecule has 2 aliphatic carbocycles. The molecule has 2 aliphatic rings. The van der Waals surface area contributed by atoms with Crippen LogP contribution < -0.4 is 0 Å². The van der Waals surface area contributed by atoms with Crippen LogP contribution in [0.5, 0.6) is 0 Å². The molecule has 20 heavy (non-hydrogen) atoms. The zero-order valence-electron chi connectivity index (χ0n) is 11.7. The van der Waals surface area contributed by atoms with Crippen molar-refractivity contribution in [2.45, 2.75) is 51.0 Å². The monoisotopic (exact) mass is 336 g/mol. The molecule has 1 aromatic heterocycles. The number of pyridine rings is 1. The van der Waals surface area contributed by atoms with E-state index in [-0.39, 0.29) is 5.91 Å². The highest BCUT2D eigenvalue weighted by atomic mass is 79.9. The molecule has 0 saturated heterocycles. The van der Waals surface area contributed by atoms with Crippen molar-refractivity contribution in [2.24, 2.45) is 5.92 Å². The molecule has 1 amide bonds. The van der Waals surface area contributed by atoms with E-state index in [1.54, 1.807) is 0 Å². The maximum absolute atomic E-state index is 12.7. The Labute approximate surface area is 128 Å². The lowest BCUT2D eigenvalue weighted by Gasteiger charge is -2.29. The van der Waals surface area contributed by atoms with Gasteiger partial charge >= 0.3 is 0 Å². The van der Waals surface area contributed by atoms with Crippen molar-refractivity contribution in [3.63, 3.8) is 0 Å². The Morgan fingerprint density at radius 2 is 1.95 bits per heavy atom. The molecule has 0 atom stereocenters. The minimum absolute atomic E-state index is 0.111. The summed E-state index contributed by atoms with van der Waals surface area (Å²) in [5.41, 5.74) is 0.571. The van der Waals surface area contributed by atoms with Gasteiger partial charge in [-0.25, -0.2) is 4.98 Å². The molecule has 108 valence electrons. The first-order valence-electron chi connectivity index (χ1n) is 7.67. The van der Waals surface area contributed by atoms with Crippen molar-refractivity contribution in [1.82, 2.24) is 9.88 Å². The summed E-state index contributed by atoms with van der Waals surface area (Å²) < 4.78 is 0.733. The quantitative estimate of drug-likeness (QED) is 0.777. The highest BCUT2D eigenvalue weighted by Crippen LogP contribution is 2.32. The number of carbonyl (C=O) groups excluding carboxylic acids is 1. The summed E-state index contributed by atoms with van der Waals surface area (Å²) in [6, 6.07) is 6.03. The number of hydrogen-bond donors (Lipinski definition) is 0. The van der Waals surface area contributed by atoms with Crippen LogP contribution in [-0.4, -0.2) is 28.4 Å². The predicted octanol–water partition coefficient (Wildman–Crippen LogP) is 4.03. The normalized spacial score (nSPS) is 19.9. The summed E-state index contributed by atoms with van der Waals surface area (Å²) in [5.74, 6) is 0.805. The largest absolute Gasteiger partial charge is 0.334 e.